The average Bonchev–Trinajstić information content (AvgIpc) is 3.27. The average molecular weight is 457 g/mol. The summed E-state index contributed by atoms with van der Waals surface area (Å²) in [5.41, 5.74) is 2.61. The molecule has 0 amide bonds. The fourth-order valence-electron chi connectivity index (χ4n) is 3.83. The molecule has 1 N–H and O–H groups in total. The first-order valence-electron chi connectivity index (χ1n) is 9.44. The van der Waals surface area contributed by atoms with Gasteiger partial charge in [-0.1, -0.05) is 0 Å². The quantitative estimate of drug-likeness (QED) is 0.420. The summed E-state index contributed by atoms with van der Waals surface area (Å²) in [5.74, 6) is 1.09. The van der Waals surface area contributed by atoms with Crippen LogP contribution in [-0.4, -0.2) is 66.1 Å². The van der Waals surface area contributed by atoms with Crippen molar-refractivity contribution >= 4 is 29.9 Å². The smallest absolute Gasteiger partial charge is 0.193 e. The van der Waals surface area contributed by atoms with Crippen molar-refractivity contribution in [1.82, 2.24) is 20.1 Å². The highest BCUT2D eigenvalue weighted by Crippen LogP contribution is 2.20. The molecule has 0 spiro atoms. The molecule has 1 aromatic heterocycles. The van der Waals surface area contributed by atoms with Crippen LogP contribution in [0.2, 0.25) is 0 Å². The summed E-state index contributed by atoms with van der Waals surface area (Å²) in [4.78, 5) is 14.2. The standard InChI is InChI=1S/C19H31N5.HI/c1-3-21-19(22-10-7-17-6-9-20-14-16(17)2)24-13-8-18(15-24)23-11-4-5-12-23;/h6,9,14,18H,3-5,7-8,10-13,15H2,1-2H3,(H,21,22);1H. The molecular formula is C19H32IN5. The number of hydrogen-bond acceptors (Lipinski definition) is 3. The Morgan fingerprint density at radius 3 is 2.84 bits per heavy atom. The van der Waals surface area contributed by atoms with Crippen LogP contribution in [0.15, 0.2) is 23.5 Å². The van der Waals surface area contributed by atoms with E-state index in [-0.39, 0.29) is 24.0 Å². The SMILES string of the molecule is CCNC(=NCCc1ccncc1C)N1CCC(N2CCCC2)C1.I. The van der Waals surface area contributed by atoms with Gasteiger partial charge in [0.15, 0.2) is 5.96 Å². The first-order valence-corrected chi connectivity index (χ1v) is 9.44. The van der Waals surface area contributed by atoms with Crippen LogP contribution in [-0.2, 0) is 6.42 Å². The van der Waals surface area contributed by atoms with Crippen molar-refractivity contribution in [1.29, 1.82) is 0 Å². The van der Waals surface area contributed by atoms with E-state index in [1.54, 1.807) is 0 Å². The number of nitrogens with zero attached hydrogens (tertiary/aromatic N) is 4. The third-order valence-corrected chi connectivity index (χ3v) is 5.23. The first-order chi connectivity index (χ1) is 11.8. The Bertz CT molecular complexity index is 557. The van der Waals surface area contributed by atoms with E-state index in [4.69, 9.17) is 4.99 Å². The predicted octanol–water partition coefficient (Wildman–Crippen LogP) is 2.69. The number of guanidine groups is 1. The second kappa shape index (κ2) is 10.3. The molecule has 2 aliphatic heterocycles. The van der Waals surface area contributed by atoms with E-state index in [2.05, 4.69) is 40.0 Å². The van der Waals surface area contributed by atoms with Crippen LogP contribution in [0.25, 0.3) is 0 Å². The zero-order valence-electron chi connectivity index (χ0n) is 15.6. The zero-order chi connectivity index (χ0) is 16.8. The maximum atomic E-state index is 4.89. The van der Waals surface area contributed by atoms with Crippen molar-refractivity contribution in [2.75, 3.05) is 39.3 Å². The van der Waals surface area contributed by atoms with Crippen LogP contribution >= 0.6 is 24.0 Å². The fourth-order valence-corrected chi connectivity index (χ4v) is 3.83. The van der Waals surface area contributed by atoms with Gasteiger partial charge < -0.3 is 10.2 Å². The van der Waals surface area contributed by atoms with Crippen molar-refractivity contribution in [3.05, 3.63) is 29.6 Å². The van der Waals surface area contributed by atoms with Gasteiger partial charge in [-0.15, -0.1) is 24.0 Å². The molecule has 0 bridgehead atoms. The third kappa shape index (κ3) is 5.54. The van der Waals surface area contributed by atoms with Crippen molar-refractivity contribution in [2.45, 2.75) is 45.6 Å². The van der Waals surface area contributed by atoms with Gasteiger partial charge in [0.1, 0.15) is 0 Å². The minimum Gasteiger partial charge on any atom is -0.357 e. The Morgan fingerprint density at radius 2 is 2.12 bits per heavy atom. The minimum absolute atomic E-state index is 0. The Morgan fingerprint density at radius 1 is 1.32 bits per heavy atom. The maximum Gasteiger partial charge on any atom is 0.193 e. The molecule has 0 saturated carbocycles. The lowest BCUT2D eigenvalue weighted by Crippen LogP contribution is -2.42. The molecule has 0 radical (unpaired) electrons. The second-order valence-corrected chi connectivity index (χ2v) is 6.92. The lowest BCUT2D eigenvalue weighted by Gasteiger charge is -2.25. The lowest BCUT2D eigenvalue weighted by atomic mass is 10.1. The Hall–Kier alpha value is -0.890. The van der Waals surface area contributed by atoms with Gasteiger partial charge in [-0.05, 0) is 69.8 Å². The molecule has 3 rings (SSSR count). The van der Waals surface area contributed by atoms with Gasteiger partial charge in [0.05, 0.1) is 0 Å². The summed E-state index contributed by atoms with van der Waals surface area (Å²) in [6.45, 7) is 10.9. The summed E-state index contributed by atoms with van der Waals surface area (Å²) in [6, 6.07) is 2.83. The molecule has 6 heteroatoms. The van der Waals surface area contributed by atoms with Gasteiger partial charge in [0.2, 0.25) is 0 Å². The second-order valence-electron chi connectivity index (χ2n) is 6.92. The molecule has 1 unspecified atom stereocenters. The van der Waals surface area contributed by atoms with Crippen LogP contribution in [0.3, 0.4) is 0 Å². The van der Waals surface area contributed by atoms with E-state index < -0.39 is 0 Å². The van der Waals surface area contributed by atoms with Crippen LogP contribution in [0.1, 0.15) is 37.3 Å². The van der Waals surface area contributed by atoms with Gasteiger partial charge in [-0.25, -0.2) is 0 Å². The Labute approximate surface area is 169 Å². The van der Waals surface area contributed by atoms with E-state index >= 15 is 0 Å². The van der Waals surface area contributed by atoms with Crippen LogP contribution < -0.4 is 5.32 Å². The van der Waals surface area contributed by atoms with E-state index in [9.17, 15) is 0 Å². The highest BCUT2D eigenvalue weighted by molar-refractivity contribution is 14.0. The van der Waals surface area contributed by atoms with Crippen molar-refractivity contribution in [3.63, 3.8) is 0 Å². The summed E-state index contributed by atoms with van der Waals surface area (Å²) >= 11 is 0. The molecule has 25 heavy (non-hydrogen) atoms. The molecule has 1 aromatic rings. The molecule has 140 valence electrons. The largest absolute Gasteiger partial charge is 0.357 e. The number of hydrogen-bond donors (Lipinski definition) is 1. The van der Waals surface area contributed by atoms with Gasteiger partial charge >= 0.3 is 0 Å². The first kappa shape index (κ1) is 20.4. The van der Waals surface area contributed by atoms with Crippen molar-refractivity contribution in [3.8, 4) is 0 Å². The molecule has 1 atom stereocenters. The topological polar surface area (TPSA) is 43.8 Å². The highest BCUT2D eigenvalue weighted by atomic mass is 127. The molecular weight excluding hydrogens is 425 g/mol. The molecule has 2 aliphatic rings. The van der Waals surface area contributed by atoms with E-state index in [1.807, 2.05) is 12.4 Å². The van der Waals surface area contributed by atoms with Crippen LogP contribution in [0.4, 0.5) is 0 Å². The monoisotopic (exact) mass is 457 g/mol. The van der Waals surface area contributed by atoms with Gasteiger partial charge in [0, 0.05) is 44.6 Å². The van der Waals surface area contributed by atoms with Gasteiger partial charge in [0.25, 0.3) is 0 Å². The summed E-state index contributed by atoms with van der Waals surface area (Å²) in [6.07, 6.45) is 8.80. The number of aliphatic imine (C=N–C) groups is 1. The number of nitrogens with one attached hydrogen (secondary N) is 1. The molecule has 3 heterocycles. The maximum absolute atomic E-state index is 4.89. The summed E-state index contributed by atoms with van der Waals surface area (Å²) in [5, 5.41) is 3.48. The number of likely N-dealkylation sites (tertiary alicyclic amines) is 2. The zero-order valence-corrected chi connectivity index (χ0v) is 17.9. The Balaban J connectivity index is 0.00000225. The van der Waals surface area contributed by atoms with E-state index in [1.165, 1.54) is 43.5 Å². The normalized spacial score (nSPS) is 21.4. The number of aromatic nitrogens is 1. The van der Waals surface area contributed by atoms with E-state index in [0.717, 1.165) is 44.6 Å². The molecule has 2 fully saturated rings. The van der Waals surface area contributed by atoms with Gasteiger partial charge in [-0.3, -0.25) is 14.9 Å². The van der Waals surface area contributed by atoms with Crippen molar-refractivity contribution in [2.24, 2.45) is 4.99 Å². The third-order valence-electron chi connectivity index (χ3n) is 5.23. The fraction of sp³-hybridized carbons (Fsp3) is 0.684. The Kier molecular flexibility index (Phi) is 8.42. The number of halogens is 1. The molecule has 5 nitrogen and oxygen atoms in total. The number of rotatable bonds is 5. The number of pyridine rings is 1. The van der Waals surface area contributed by atoms with Crippen LogP contribution in [0, 0.1) is 6.92 Å². The highest BCUT2D eigenvalue weighted by Gasteiger charge is 2.30. The van der Waals surface area contributed by atoms with Crippen LogP contribution in [0.5, 0.6) is 0 Å². The van der Waals surface area contributed by atoms with Gasteiger partial charge in [-0.2, -0.15) is 0 Å². The predicted molar refractivity (Wildman–Crippen MR) is 115 cm³/mol. The molecule has 0 aromatic carbocycles. The van der Waals surface area contributed by atoms with E-state index in [0.29, 0.717) is 0 Å². The lowest BCUT2D eigenvalue weighted by molar-refractivity contribution is 0.249. The molecule has 0 aliphatic carbocycles. The van der Waals surface area contributed by atoms with Crippen molar-refractivity contribution < 1.29 is 0 Å². The minimum atomic E-state index is 0. The number of aryl methyl sites for hydroxylation is 1. The summed E-state index contributed by atoms with van der Waals surface area (Å²) < 4.78 is 0. The molecule has 2 saturated heterocycles. The summed E-state index contributed by atoms with van der Waals surface area (Å²) in [7, 11) is 0.